The van der Waals surface area contributed by atoms with Crippen LogP contribution in [0, 0.1) is 5.92 Å². The van der Waals surface area contributed by atoms with Gasteiger partial charge >= 0.3 is 0 Å². The van der Waals surface area contributed by atoms with Crippen LogP contribution in [-0.2, 0) is 4.84 Å². The highest BCUT2D eigenvalue weighted by Crippen LogP contribution is 2.18. The van der Waals surface area contributed by atoms with E-state index in [-0.39, 0.29) is 6.10 Å². The highest BCUT2D eigenvalue weighted by molar-refractivity contribution is 6.18. The Hall–Kier alpha value is -0.240. The number of nitrogens with zero attached hydrogens (tertiary/aromatic N) is 1. The van der Waals surface area contributed by atoms with Gasteiger partial charge in [0.15, 0.2) is 0 Å². The maximum Gasteiger partial charge on any atom is 0.146 e. The summed E-state index contributed by atoms with van der Waals surface area (Å²) in [4.78, 5) is 5.09. The molecule has 0 spiro atoms. The van der Waals surface area contributed by atoms with Crippen molar-refractivity contribution in [2.24, 2.45) is 11.1 Å². The zero-order valence-electron chi connectivity index (χ0n) is 7.01. The van der Waals surface area contributed by atoms with Crippen LogP contribution in [-0.4, -0.2) is 17.7 Å². The standard InChI is InChI=1S/C8H14ClNO/c1-3-6(2)8-4-7(5-9)11-10-8/h6-7H,3-5H2,1-2H3. The van der Waals surface area contributed by atoms with Crippen molar-refractivity contribution in [1.29, 1.82) is 0 Å². The van der Waals surface area contributed by atoms with E-state index < -0.39 is 0 Å². The van der Waals surface area contributed by atoms with Crippen LogP contribution in [0.25, 0.3) is 0 Å². The van der Waals surface area contributed by atoms with Gasteiger partial charge in [-0.3, -0.25) is 0 Å². The Kier molecular flexibility index (Phi) is 3.18. The first-order chi connectivity index (χ1) is 5.27. The van der Waals surface area contributed by atoms with E-state index in [1.165, 1.54) is 0 Å². The second kappa shape index (κ2) is 3.96. The largest absolute Gasteiger partial charge is 0.391 e. The molecule has 3 heteroatoms. The Labute approximate surface area is 72.6 Å². The van der Waals surface area contributed by atoms with E-state index in [0.717, 1.165) is 18.6 Å². The van der Waals surface area contributed by atoms with E-state index in [2.05, 4.69) is 19.0 Å². The van der Waals surface area contributed by atoms with Crippen LogP contribution in [0.5, 0.6) is 0 Å². The van der Waals surface area contributed by atoms with Crippen molar-refractivity contribution in [3.05, 3.63) is 0 Å². The lowest BCUT2D eigenvalue weighted by atomic mass is 9.99. The maximum atomic E-state index is 5.62. The lowest BCUT2D eigenvalue weighted by Gasteiger charge is -2.05. The summed E-state index contributed by atoms with van der Waals surface area (Å²) in [6, 6.07) is 0. The van der Waals surface area contributed by atoms with Gasteiger partial charge in [-0.2, -0.15) is 0 Å². The van der Waals surface area contributed by atoms with Crippen LogP contribution in [0.1, 0.15) is 26.7 Å². The normalized spacial score (nSPS) is 26.1. The average molecular weight is 176 g/mol. The molecule has 2 atom stereocenters. The van der Waals surface area contributed by atoms with Gasteiger partial charge in [-0.25, -0.2) is 0 Å². The zero-order chi connectivity index (χ0) is 8.27. The first kappa shape index (κ1) is 8.85. The van der Waals surface area contributed by atoms with Crippen LogP contribution in [0.15, 0.2) is 5.16 Å². The zero-order valence-corrected chi connectivity index (χ0v) is 7.77. The quantitative estimate of drug-likeness (QED) is 0.604. The van der Waals surface area contributed by atoms with Crippen molar-refractivity contribution >= 4 is 17.3 Å². The van der Waals surface area contributed by atoms with Crippen molar-refractivity contribution in [3.63, 3.8) is 0 Å². The topological polar surface area (TPSA) is 21.6 Å². The smallest absolute Gasteiger partial charge is 0.146 e. The SMILES string of the molecule is CCC(C)C1=NOC(CCl)C1. The van der Waals surface area contributed by atoms with Crippen molar-refractivity contribution in [3.8, 4) is 0 Å². The van der Waals surface area contributed by atoms with Crippen molar-refractivity contribution < 1.29 is 4.84 Å². The number of rotatable bonds is 3. The molecule has 11 heavy (non-hydrogen) atoms. The molecule has 0 aromatic heterocycles. The Morgan fingerprint density at radius 1 is 1.82 bits per heavy atom. The molecule has 0 aliphatic carbocycles. The van der Waals surface area contributed by atoms with Crippen molar-refractivity contribution in [2.75, 3.05) is 5.88 Å². The molecule has 0 saturated carbocycles. The van der Waals surface area contributed by atoms with Crippen LogP contribution in [0.3, 0.4) is 0 Å². The fourth-order valence-electron chi connectivity index (χ4n) is 1.06. The molecule has 0 bridgehead atoms. The van der Waals surface area contributed by atoms with Crippen LogP contribution < -0.4 is 0 Å². The van der Waals surface area contributed by atoms with Gasteiger partial charge in [0.1, 0.15) is 6.10 Å². The first-order valence-corrected chi connectivity index (χ1v) is 4.60. The fraction of sp³-hybridized carbons (Fsp3) is 0.875. The molecule has 0 saturated heterocycles. The predicted octanol–water partition coefficient (Wildman–Crippen LogP) is 2.42. The second-order valence-electron chi connectivity index (χ2n) is 2.98. The molecular formula is C8H14ClNO. The molecule has 1 rings (SSSR count). The monoisotopic (exact) mass is 175 g/mol. The summed E-state index contributed by atoms with van der Waals surface area (Å²) in [7, 11) is 0. The van der Waals surface area contributed by atoms with E-state index in [4.69, 9.17) is 16.4 Å². The lowest BCUT2D eigenvalue weighted by Crippen LogP contribution is -2.13. The summed E-state index contributed by atoms with van der Waals surface area (Å²) in [5.41, 5.74) is 1.16. The van der Waals surface area contributed by atoms with Crippen LogP contribution in [0.4, 0.5) is 0 Å². The molecule has 1 aliphatic heterocycles. The molecule has 2 unspecified atom stereocenters. The molecule has 0 aromatic rings. The average Bonchev–Trinajstić information content (AvgIpc) is 2.50. The van der Waals surface area contributed by atoms with Crippen molar-refractivity contribution in [2.45, 2.75) is 32.8 Å². The molecule has 0 fully saturated rings. The Bertz CT molecular complexity index is 158. The summed E-state index contributed by atoms with van der Waals surface area (Å²) in [5, 5.41) is 3.99. The summed E-state index contributed by atoms with van der Waals surface area (Å²) < 4.78 is 0. The first-order valence-electron chi connectivity index (χ1n) is 4.06. The molecule has 0 radical (unpaired) electrons. The van der Waals surface area contributed by atoms with E-state index in [1.54, 1.807) is 0 Å². The molecule has 0 N–H and O–H groups in total. The Balaban J connectivity index is 2.39. The number of alkyl halides is 1. The van der Waals surface area contributed by atoms with Gasteiger partial charge in [-0.05, 0) is 12.3 Å². The van der Waals surface area contributed by atoms with Gasteiger partial charge in [-0.1, -0.05) is 19.0 Å². The lowest BCUT2D eigenvalue weighted by molar-refractivity contribution is 0.102. The van der Waals surface area contributed by atoms with Crippen molar-refractivity contribution in [1.82, 2.24) is 0 Å². The third-order valence-corrected chi connectivity index (χ3v) is 2.45. The molecule has 1 heterocycles. The second-order valence-corrected chi connectivity index (χ2v) is 3.29. The minimum atomic E-state index is 0.126. The fourth-order valence-corrected chi connectivity index (χ4v) is 1.22. The van der Waals surface area contributed by atoms with Gasteiger partial charge < -0.3 is 4.84 Å². The molecular weight excluding hydrogens is 162 g/mol. The van der Waals surface area contributed by atoms with Crippen LogP contribution in [0.2, 0.25) is 0 Å². The summed E-state index contributed by atoms with van der Waals surface area (Å²) in [6.45, 7) is 4.32. The van der Waals surface area contributed by atoms with E-state index in [1.807, 2.05) is 0 Å². The Morgan fingerprint density at radius 3 is 3.00 bits per heavy atom. The Morgan fingerprint density at radius 2 is 2.55 bits per heavy atom. The van der Waals surface area contributed by atoms with Gasteiger partial charge in [0.05, 0.1) is 11.6 Å². The molecule has 2 nitrogen and oxygen atoms in total. The number of halogens is 1. The molecule has 1 aliphatic rings. The molecule has 0 amide bonds. The number of oxime groups is 1. The third kappa shape index (κ3) is 2.09. The highest BCUT2D eigenvalue weighted by Gasteiger charge is 2.22. The predicted molar refractivity (Wildman–Crippen MR) is 47.1 cm³/mol. The number of hydrogen-bond donors (Lipinski definition) is 0. The molecule has 64 valence electrons. The van der Waals surface area contributed by atoms with Gasteiger partial charge in [-0.15, -0.1) is 11.6 Å². The van der Waals surface area contributed by atoms with Crippen LogP contribution >= 0.6 is 11.6 Å². The summed E-state index contributed by atoms with van der Waals surface area (Å²) in [6.07, 6.45) is 2.16. The minimum absolute atomic E-state index is 0.126. The van der Waals surface area contributed by atoms with E-state index in [0.29, 0.717) is 11.8 Å². The third-order valence-electron chi connectivity index (χ3n) is 2.11. The molecule has 0 aromatic carbocycles. The van der Waals surface area contributed by atoms with E-state index in [9.17, 15) is 0 Å². The summed E-state index contributed by atoms with van der Waals surface area (Å²) >= 11 is 5.62. The highest BCUT2D eigenvalue weighted by atomic mass is 35.5. The maximum absolute atomic E-state index is 5.62. The van der Waals surface area contributed by atoms with Gasteiger partial charge in [0.2, 0.25) is 0 Å². The van der Waals surface area contributed by atoms with Gasteiger partial charge in [0.25, 0.3) is 0 Å². The van der Waals surface area contributed by atoms with Gasteiger partial charge in [0, 0.05) is 6.42 Å². The summed E-state index contributed by atoms with van der Waals surface area (Å²) in [5.74, 6) is 1.09. The number of hydrogen-bond acceptors (Lipinski definition) is 2. The minimum Gasteiger partial charge on any atom is -0.391 e. The van der Waals surface area contributed by atoms with E-state index >= 15 is 0 Å².